The Morgan fingerprint density at radius 3 is 2.62 bits per heavy atom. The summed E-state index contributed by atoms with van der Waals surface area (Å²) in [5.41, 5.74) is 0.983. The van der Waals surface area contributed by atoms with E-state index in [1.54, 1.807) is 31.2 Å². The lowest BCUT2D eigenvalue weighted by Gasteiger charge is -2.30. The molecule has 5 rings (SSSR count). The minimum absolute atomic E-state index is 0.0950. The molecule has 4 aromatic rings. The first-order chi connectivity index (χ1) is 19.6. The molecule has 4 N–H and O–H groups in total. The SMILES string of the molecule is [2H]N1CCN(c2ccc(Nc3ncc(C(F)(F)F)c(Nc4cccc5c(C)n(CCF)c(O)c45)n3)c(OC)c2)CC1. The maximum atomic E-state index is 14.0. The number of rotatable bonds is 8. The molecule has 0 radical (unpaired) electrons. The number of benzene rings is 2. The summed E-state index contributed by atoms with van der Waals surface area (Å²) in [6.07, 6.45) is -4.09. The second-order valence-electron chi connectivity index (χ2n) is 9.22. The van der Waals surface area contributed by atoms with E-state index in [1.165, 1.54) is 23.1 Å². The van der Waals surface area contributed by atoms with Crippen LogP contribution in [0.3, 0.4) is 0 Å². The van der Waals surface area contributed by atoms with Crippen LogP contribution in [0.5, 0.6) is 11.6 Å². The molecule has 9 nitrogen and oxygen atoms in total. The Labute approximate surface area is 229 Å². The van der Waals surface area contributed by atoms with Crippen molar-refractivity contribution in [2.24, 2.45) is 0 Å². The normalized spacial score (nSPS) is 14.8. The van der Waals surface area contributed by atoms with E-state index in [1.807, 2.05) is 6.07 Å². The first kappa shape index (κ1) is 26.0. The van der Waals surface area contributed by atoms with Crippen LogP contribution in [0.2, 0.25) is 1.41 Å². The fourth-order valence-electron chi connectivity index (χ4n) is 4.83. The molecule has 0 atom stereocenters. The lowest BCUT2D eigenvalue weighted by molar-refractivity contribution is -0.137. The molecule has 212 valence electrons. The van der Waals surface area contributed by atoms with Gasteiger partial charge in [-0.05, 0) is 25.1 Å². The Bertz CT molecular complexity index is 1560. The van der Waals surface area contributed by atoms with Crippen LogP contribution in [0.4, 0.5) is 46.4 Å². The van der Waals surface area contributed by atoms with Crippen molar-refractivity contribution in [2.75, 3.05) is 55.5 Å². The maximum absolute atomic E-state index is 14.0. The lowest BCUT2D eigenvalue weighted by Crippen LogP contribution is -2.43. The van der Waals surface area contributed by atoms with Gasteiger partial charge in [-0.3, -0.25) is 0 Å². The van der Waals surface area contributed by atoms with Crippen LogP contribution in [0.1, 0.15) is 11.3 Å². The molecular weight excluding hydrogens is 530 g/mol. The van der Waals surface area contributed by atoms with E-state index in [9.17, 15) is 22.7 Å². The van der Waals surface area contributed by atoms with E-state index in [0.29, 0.717) is 54.9 Å². The summed E-state index contributed by atoms with van der Waals surface area (Å²) >= 11 is 0. The van der Waals surface area contributed by atoms with Gasteiger partial charge in [-0.2, -0.15) is 18.2 Å². The Hall–Kier alpha value is -4.26. The fourth-order valence-corrected chi connectivity index (χ4v) is 4.83. The molecule has 0 aliphatic carbocycles. The van der Waals surface area contributed by atoms with Crippen molar-refractivity contribution in [1.82, 2.24) is 19.8 Å². The third kappa shape index (κ3) is 5.28. The molecule has 0 unspecified atom stereocenters. The molecule has 0 bridgehead atoms. The number of fused-ring (bicyclic) bond motifs is 1. The molecule has 2 aromatic heterocycles. The van der Waals surface area contributed by atoms with Gasteiger partial charge in [0.05, 0.1) is 30.4 Å². The largest absolute Gasteiger partial charge is 0.494 e. The molecule has 1 aliphatic rings. The third-order valence-electron chi connectivity index (χ3n) is 6.85. The molecule has 0 spiro atoms. The number of piperazine rings is 1. The zero-order valence-electron chi connectivity index (χ0n) is 22.9. The number of ether oxygens (including phenoxy) is 1. The van der Waals surface area contributed by atoms with Gasteiger partial charge < -0.3 is 35.3 Å². The van der Waals surface area contributed by atoms with Crippen LogP contribution in [-0.2, 0) is 12.7 Å². The van der Waals surface area contributed by atoms with Gasteiger partial charge in [-0.25, -0.2) is 9.37 Å². The Kier molecular flexibility index (Phi) is 7.20. The van der Waals surface area contributed by atoms with Gasteiger partial charge >= 0.3 is 6.18 Å². The number of hydrogen-bond acceptors (Lipinski definition) is 8. The molecule has 1 saturated heterocycles. The fraction of sp³-hybridized carbons (Fsp3) is 0.333. The minimum atomic E-state index is -4.77. The third-order valence-corrected chi connectivity index (χ3v) is 6.85. The highest BCUT2D eigenvalue weighted by Crippen LogP contribution is 2.41. The van der Waals surface area contributed by atoms with Crippen molar-refractivity contribution in [1.29, 1.82) is 0 Å². The standard InChI is InChI=1S/C27H29F4N7O2/c1-16-18-4-3-5-21(23(18)25(39)38(16)11-8-28)34-24-19(27(29,30)31)15-33-26(36-24)35-20-7-6-17(14-22(20)40-2)37-12-9-32-10-13-37/h3-7,14-15,32,39H,8-13H2,1-2H3,(H2,33,34,35,36)/i/hD. The van der Waals surface area contributed by atoms with Gasteiger partial charge in [0.1, 0.15) is 25.2 Å². The van der Waals surface area contributed by atoms with Crippen molar-refractivity contribution >= 4 is 39.6 Å². The predicted octanol–water partition coefficient (Wildman–Crippen LogP) is 5.34. The van der Waals surface area contributed by atoms with Gasteiger partial charge in [0, 0.05) is 55.2 Å². The second kappa shape index (κ2) is 11.1. The smallest absolute Gasteiger partial charge is 0.421 e. The average Bonchev–Trinajstić information content (AvgIpc) is 3.19. The molecule has 0 saturated carbocycles. The number of aromatic hydroxyl groups is 1. The number of nitrogens with one attached hydrogen (secondary N) is 3. The van der Waals surface area contributed by atoms with Crippen LogP contribution in [0, 0.1) is 6.92 Å². The van der Waals surface area contributed by atoms with E-state index in [2.05, 4.69) is 25.5 Å². The lowest BCUT2D eigenvalue weighted by atomic mass is 10.1. The zero-order valence-corrected chi connectivity index (χ0v) is 21.9. The van der Waals surface area contributed by atoms with Gasteiger partial charge in [0.15, 0.2) is 0 Å². The molecule has 2 aromatic carbocycles. The number of hydrogen-bond donors (Lipinski definition) is 4. The number of anilines is 5. The van der Waals surface area contributed by atoms with Crippen LogP contribution in [0.25, 0.3) is 10.8 Å². The highest BCUT2D eigenvalue weighted by Gasteiger charge is 2.36. The highest BCUT2D eigenvalue weighted by molar-refractivity contribution is 6.01. The number of methoxy groups -OCH3 is 1. The molecule has 40 heavy (non-hydrogen) atoms. The van der Waals surface area contributed by atoms with Crippen LogP contribution < -0.4 is 25.6 Å². The summed E-state index contributed by atoms with van der Waals surface area (Å²) < 4.78 is 69.6. The number of nitrogens with zero attached hydrogens (tertiary/aromatic N) is 4. The average molecular weight is 561 g/mol. The highest BCUT2D eigenvalue weighted by atomic mass is 19.4. The van der Waals surface area contributed by atoms with Crippen molar-refractivity contribution in [3.63, 3.8) is 0 Å². The van der Waals surface area contributed by atoms with Gasteiger partial charge in [0.25, 0.3) is 0 Å². The Balaban J connectivity index is 1.49. The molecular formula is C27H29F4N7O2. The van der Waals surface area contributed by atoms with E-state index in [0.717, 1.165) is 5.69 Å². The van der Waals surface area contributed by atoms with Gasteiger partial charge in [0.2, 0.25) is 11.8 Å². The number of alkyl halides is 4. The molecule has 1 aliphatic heterocycles. The van der Waals surface area contributed by atoms with Crippen molar-refractivity contribution < 1.29 is 28.8 Å². The summed E-state index contributed by atoms with van der Waals surface area (Å²) in [6, 6.07) is 10.2. The summed E-state index contributed by atoms with van der Waals surface area (Å²) in [7, 11) is 1.48. The Morgan fingerprint density at radius 2 is 1.93 bits per heavy atom. The summed E-state index contributed by atoms with van der Waals surface area (Å²) in [5.74, 6) is -0.458. The van der Waals surface area contributed by atoms with Gasteiger partial charge in [-0.15, -0.1) is 0 Å². The minimum Gasteiger partial charge on any atom is -0.494 e. The number of aryl methyl sites for hydroxylation is 1. The van der Waals surface area contributed by atoms with E-state index in [-0.39, 0.29) is 29.4 Å². The van der Waals surface area contributed by atoms with Gasteiger partial charge in [-0.1, -0.05) is 12.1 Å². The maximum Gasteiger partial charge on any atom is 0.421 e. The van der Waals surface area contributed by atoms with Crippen molar-refractivity contribution in [2.45, 2.75) is 19.6 Å². The second-order valence-corrected chi connectivity index (χ2v) is 9.22. The van der Waals surface area contributed by atoms with Crippen LogP contribution in [0.15, 0.2) is 42.6 Å². The molecule has 13 heteroatoms. The number of halogens is 4. The zero-order chi connectivity index (χ0) is 29.3. The monoisotopic (exact) mass is 560 g/mol. The topological polar surface area (TPSA) is 99.5 Å². The van der Waals surface area contributed by atoms with E-state index < -0.39 is 24.2 Å². The first-order valence-electron chi connectivity index (χ1n) is 13.1. The summed E-state index contributed by atoms with van der Waals surface area (Å²) in [6.45, 7) is 3.44. The molecule has 1 fully saturated rings. The quantitative estimate of drug-likeness (QED) is 0.215. The van der Waals surface area contributed by atoms with Crippen molar-refractivity contribution in [3.8, 4) is 11.6 Å². The first-order valence-corrected chi connectivity index (χ1v) is 12.6. The predicted molar refractivity (Wildman–Crippen MR) is 146 cm³/mol. The molecule has 0 amide bonds. The summed E-state index contributed by atoms with van der Waals surface area (Å²) in [4.78, 5) is 10.1. The van der Waals surface area contributed by atoms with E-state index >= 15 is 0 Å². The van der Waals surface area contributed by atoms with Crippen molar-refractivity contribution in [3.05, 3.63) is 53.9 Å². The molecule has 3 heterocycles. The number of aromatic nitrogens is 3. The summed E-state index contributed by atoms with van der Waals surface area (Å²) in [5, 5.41) is 18.8. The van der Waals surface area contributed by atoms with Crippen LogP contribution in [-0.4, -0.2) is 59.6 Å². The van der Waals surface area contributed by atoms with Crippen LogP contribution >= 0.6 is 0 Å². The Morgan fingerprint density at radius 1 is 1.15 bits per heavy atom. The van der Waals surface area contributed by atoms with E-state index in [4.69, 9.17) is 6.15 Å².